The zero-order chi connectivity index (χ0) is 14.0. The number of hydrogen-bond donors (Lipinski definition) is 1. The minimum absolute atomic E-state index is 0.0932. The third kappa shape index (κ3) is 2.92. The number of hydrogen-bond acceptors (Lipinski definition) is 3. The Kier molecular flexibility index (Phi) is 3.83. The Morgan fingerprint density at radius 3 is 2.68 bits per heavy atom. The molecule has 0 aliphatic carbocycles. The van der Waals surface area contributed by atoms with E-state index in [0.717, 1.165) is 24.1 Å². The lowest BCUT2D eigenvalue weighted by Gasteiger charge is -2.38. The first-order valence-electron chi connectivity index (χ1n) is 6.52. The quantitative estimate of drug-likeness (QED) is 0.771. The SMILES string of the molecule is Cc1ccc([C@H]2CC[C@H](C)CN2C(=O)C(N)=O)cn1. The van der Waals surface area contributed by atoms with E-state index in [4.69, 9.17) is 5.73 Å². The van der Waals surface area contributed by atoms with Crippen molar-refractivity contribution in [2.75, 3.05) is 6.54 Å². The van der Waals surface area contributed by atoms with Crippen molar-refractivity contribution in [1.82, 2.24) is 9.88 Å². The van der Waals surface area contributed by atoms with Gasteiger partial charge >= 0.3 is 11.8 Å². The van der Waals surface area contributed by atoms with Crippen molar-refractivity contribution in [3.05, 3.63) is 29.6 Å². The van der Waals surface area contributed by atoms with Crippen LogP contribution < -0.4 is 5.73 Å². The molecule has 1 aromatic heterocycles. The van der Waals surface area contributed by atoms with Gasteiger partial charge in [0.25, 0.3) is 0 Å². The van der Waals surface area contributed by atoms with Crippen LogP contribution in [0.2, 0.25) is 0 Å². The van der Waals surface area contributed by atoms with Gasteiger partial charge in [-0.3, -0.25) is 14.6 Å². The molecule has 2 N–H and O–H groups in total. The van der Waals surface area contributed by atoms with Gasteiger partial charge in [0.15, 0.2) is 0 Å². The molecule has 0 unspecified atom stereocenters. The lowest BCUT2D eigenvalue weighted by Crippen LogP contribution is -2.46. The summed E-state index contributed by atoms with van der Waals surface area (Å²) in [5.74, 6) is -1.10. The Morgan fingerprint density at radius 2 is 2.11 bits per heavy atom. The average Bonchev–Trinajstić information content (AvgIpc) is 2.39. The number of piperidine rings is 1. The summed E-state index contributed by atoms with van der Waals surface area (Å²) in [6.07, 6.45) is 3.64. The van der Waals surface area contributed by atoms with Gasteiger partial charge in [-0.05, 0) is 37.3 Å². The number of pyridine rings is 1. The zero-order valence-corrected chi connectivity index (χ0v) is 11.3. The Labute approximate surface area is 112 Å². The molecule has 0 saturated carbocycles. The van der Waals surface area contributed by atoms with Crippen molar-refractivity contribution in [1.29, 1.82) is 0 Å². The number of nitrogens with two attached hydrogens (primary N) is 1. The van der Waals surface area contributed by atoms with Crippen LogP contribution in [0.25, 0.3) is 0 Å². The van der Waals surface area contributed by atoms with Gasteiger partial charge in [0.2, 0.25) is 0 Å². The number of carbonyl (C=O) groups is 2. The van der Waals surface area contributed by atoms with Crippen molar-refractivity contribution in [3.8, 4) is 0 Å². The molecule has 5 nitrogen and oxygen atoms in total. The summed E-state index contributed by atoms with van der Waals surface area (Å²) in [4.78, 5) is 28.9. The van der Waals surface area contributed by atoms with Crippen molar-refractivity contribution in [2.24, 2.45) is 11.7 Å². The predicted octanol–water partition coefficient (Wildman–Crippen LogP) is 1.17. The van der Waals surface area contributed by atoms with Crippen LogP contribution in [0.4, 0.5) is 0 Å². The number of rotatable bonds is 1. The Morgan fingerprint density at radius 1 is 1.37 bits per heavy atom. The van der Waals surface area contributed by atoms with Crippen LogP contribution in [0.5, 0.6) is 0 Å². The number of amides is 2. The average molecular weight is 261 g/mol. The smallest absolute Gasteiger partial charge is 0.312 e. The molecule has 2 heterocycles. The van der Waals surface area contributed by atoms with Crippen LogP contribution >= 0.6 is 0 Å². The number of likely N-dealkylation sites (tertiary alicyclic amines) is 1. The summed E-state index contributed by atoms with van der Waals surface area (Å²) in [6, 6.07) is 3.79. The van der Waals surface area contributed by atoms with E-state index in [1.165, 1.54) is 0 Å². The highest BCUT2D eigenvalue weighted by Gasteiger charge is 2.33. The van der Waals surface area contributed by atoms with E-state index in [0.29, 0.717) is 12.5 Å². The van der Waals surface area contributed by atoms with Gasteiger partial charge in [-0.15, -0.1) is 0 Å². The van der Waals surface area contributed by atoms with Gasteiger partial charge in [0.1, 0.15) is 0 Å². The van der Waals surface area contributed by atoms with E-state index >= 15 is 0 Å². The number of aromatic nitrogens is 1. The first-order chi connectivity index (χ1) is 8.99. The van der Waals surface area contributed by atoms with Crippen molar-refractivity contribution >= 4 is 11.8 Å². The lowest BCUT2D eigenvalue weighted by atomic mass is 9.90. The van der Waals surface area contributed by atoms with E-state index in [2.05, 4.69) is 11.9 Å². The fraction of sp³-hybridized carbons (Fsp3) is 0.500. The van der Waals surface area contributed by atoms with Crippen molar-refractivity contribution < 1.29 is 9.59 Å². The molecule has 19 heavy (non-hydrogen) atoms. The third-order valence-corrected chi connectivity index (χ3v) is 3.61. The molecular weight excluding hydrogens is 242 g/mol. The van der Waals surface area contributed by atoms with Gasteiger partial charge in [0, 0.05) is 18.4 Å². The summed E-state index contributed by atoms with van der Waals surface area (Å²) in [5.41, 5.74) is 7.03. The molecule has 0 bridgehead atoms. The lowest BCUT2D eigenvalue weighted by molar-refractivity contribution is -0.147. The highest BCUT2D eigenvalue weighted by Crippen LogP contribution is 2.32. The van der Waals surface area contributed by atoms with Crippen LogP contribution in [0.3, 0.4) is 0 Å². The maximum absolute atomic E-state index is 11.9. The predicted molar refractivity (Wildman–Crippen MR) is 71.0 cm³/mol. The van der Waals surface area contributed by atoms with Crippen molar-refractivity contribution in [2.45, 2.75) is 32.7 Å². The van der Waals surface area contributed by atoms with E-state index in [1.807, 2.05) is 19.1 Å². The molecule has 2 amide bonds. The molecule has 0 radical (unpaired) electrons. The second-order valence-electron chi connectivity index (χ2n) is 5.25. The molecule has 1 saturated heterocycles. The van der Waals surface area contributed by atoms with Crippen molar-refractivity contribution in [3.63, 3.8) is 0 Å². The maximum Gasteiger partial charge on any atom is 0.312 e. The van der Waals surface area contributed by atoms with Gasteiger partial charge < -0.3 is 10.6 Å². The molecule has 1 aromatic rings. The van der Waals surface area contributed by atoms with E-state index in [1.54, 1.807) is 11.1 Å². The molecule has 2 atom stereocenters. The standard InChI is InChI=1S/C14H19N3O2/c1-9-3-6-12(11-5-4-10(2)16-7-11)17(8-9)14(19)13(15)18/h4-5,7,9,12H,3,6,8H2,1-2H3,(H2,15,18)/t9-,12+/m0/s1. The number of aryl methyl sites for hydroxylation is 1. The molecule has 0 aromatic carbocycles. The topological polar surface area (TPSA) is 76.3 Å². The van der Waals surface area contributed by atoms with Gasteiger partial charge in [-0.2, -0.15) is 0 Å². The Bertz CT molecular complexity index is 484. The third-order valence-electron chi connectivity index (χ3n) is 3.61. The first kappa shape index (κ1) is 13.5. The van der Waals surface area contributed by atoms with Crippen LogP contribution in [0, 0.1) is 12.8 Å². The van der Waals surface area contributed by atoms with E-state index in [-0.39, 0.29) is 6.04 Å². The highest BCUT2D eigenvalue weighted by atomic mass is 16.2. The normalized spacial score (nSPS) is 23.2. The molecular formula is C14H19N3O2. The first-order valence-corrected chi connectivity index (χ1v) is 6.52. The molecule has 0 spiro atoms. The van der Waals surface area contributed by atoms with Crippen LogP contribution in [-0.2, 0) is 9.59 Å². The Balaban J connectivity index is 2.27. The molecule has 1 aliphatic heterocycles. The van der Waals surface area contributed by atoms with Gasteiger partial charge in [0.05, 0.1) is 6.04 Å². The summed E-state index contributed by atoms with van der Waals surface area (Å²) in [5, 5.41) is 0. The fourth-order valence-electron chi connectivity index (χ4n) is 2.54. The largest absolute Gasteiger partial charge is 0.361 e. The summed E-state index contributed by atoms with van der Waals surface area (Å²) < 4.78 is 0. The van der Waals surface area contributed by atoms with Gasteiger partial charge in [-0.25, -0.2) is 0 Å². The monoisotopic (exact) mass is 261 g/mol. The van der Waals surface area contributed by atoms with Crippen LogP contribution in [0.15, 0.2) is 18.3 Å². The molecule has 1 fully saturated rings. The second kappa shape index (κ2) is 5.38. The van der Waals surface area contributed by atoms with E-state index in [9.17, 15) is 9.59 Å². The summed E-state index contributed by atoms with van der Waals surface area (Å²) in [7, 11) is 0. The fourth-order valence-corrected chi connectivity index (χ4v) is 2.54. The number of primary amides is 1. The second-order valence-corrected chi connectivity index (χ2v) is 5.25. The van der Waals surface area contributed by atoms with Gasteiger partial charge in [-0.1, -0.05) is 13.0 Å². The highest BCUT2D eigenvalue weighted by molar-refractivity contribution is 6.34. The minimum atomic E-state index is -0.890. The molecule has 5 heteroatoms. The van der Waals surface area contributed by atoms with Crippen LogP contribution in [-0.4, -0.2) is 28.2 Å². The number of nitrogens with zero attached hydrogens (tertiary/aromatic N) is 2. The summed E-state index contributed by atoms with van der Waals surface area (Å²) in [6.45, 7) is 4.56. The molecule has 2 rings (SSSR count). The Hall–Kier alpha value is -1.91. The van der Waals surface area contributed by atoms with Crippen LogP contribution in [0.1, 0.15) is 37.1 Å². The number of carbonyl (C=O) groups excluding carboxylic acids is 2. The van der Waals surface area contributed by atoms with E-state index < -0.39 is 11.8 Å². The zero-order valence-electron chi connectivity index (χ0n) is 11.3. The summed E-state index contributed by atoms with van der Waals surface area (Å²) >= 11 is 0. The minimum Gasteiger partial charge on any atom is -0.361 e. The molecule has 102 valence electrons. The maximum atomic E-state index is 11.9. The molecule has 1 aliphatic rings.